The smallest absolute Gasteiger partial charge is 0.227 e. The van der Waals surface area contributed by atoms with Gasteiger partial charge < -0.3 is 20.2 Å². The van der Waals surface area contributed by atoms with Gasteiger partial charge in [0.2, 0.25) is 5.95 Å². The monoisotopic (exact) mass is 490 g/mol. The van der Waals surface area contributed by atoms with Crippen LogP contribution in [0.1, 0.15) is 51.5 Å². The highest BCUT2D eigenvalue weighted by atomic mass is 19.1. The number of nitrogens with one attached hydrogen (secondary N) is 1. The molecule has 0 saturated carbocycles. The van der Waals surface area contributed by atoms with Crippen LogP contribution in [0.4, 0.5) is 27.8 Å². The van der Waals surface area contributed by atoms with E-state index in [1.807, 2.05) is 25.4 Å². The molecular formula is C26H31FN8O. The molecule has 3 aromatic heterocycles. The zero-order valence-electron chi connectivity index (χ0n) is 20.8. The number of nitriles is 1. The lowest BCUT2D eigenvalue weighted by molar-refractivity contribution is -0.00860. The predicted molar refractivity (Wildman–Crippen MR) is 137 cm³/mol. The number of alkyl halides is 1. The van der Waals surface area contributed by atoms with E-state index < -0.39 is 11.8 Å². The maximum Gasteiger partial charge on any atom is 0.227 e. The van der Waals surface area contributed by atoms with E-state index in [-0.39, 0.29) is 12.5 Å². The number of hydrogen-bond acceptors (Lipinski definition) is 9. The van der Waals surface area contributed by atoms with E-state index in [1.54, 1.807) is 17.2 Å². The van der Waals surface area contributed by atoms with Crippen molar-refractivity contribution in [3.8, 4) is 6.07 Å². The van der Waals surface area contributed by atoms with Gasteiger partial charge >= 0.3 is 0 Å². The van der Waals surface area contributed by atoms with Gasteiger partial charge in [0.05, 0.1) is 18.7 Å². The van der Waals surface area contributed by atoms with E-state index in [9.17, 15) is 14.8 Å². The fourth-order valence-electron chi connectivity index (χ4n) is 4.92. The molecular weight excluding hydrogens is 459 g/mol. The topological polar surface area (TPSA) is 114 Å². The molecule has 36 heavy (non-hydrogen) atoms. The van der Waals surface area contributed by atoms with Crippen molar-refractivity contribution >= 4 is 34.2 Å². The van der Waals surface area contributed by atoms with E-state index >= 15 is 0 Å². The van der Waals surface area contributed by atoms with E-state index in [0.29, 0.717) is 43.0 Å². The molecule has 10 heteroatoms. The number of anilines is 4. The van der Waals surface area contributed by atoms with Gasteiger partial charge in [0, 0.05) is 49.5 Å². The number of fused-ring (bicyclic) bond motifs is 1. The van der Waals surface area contributed by atoms with Crippen molar-refractivity contribution in [2.75, 3.05) is 34.8 Å². The lowest BCUT2D eigenvalue weighted by atomic mass is 9.94. The molecule has 4 atom stereocenters. The normalized spacial score (nSPS) is 24.8. The second-order valence-corrected chi connectivity index (χ2v) is 10.1. The zero-order valence-corrected chi connectivity index (χ0v) is 20.8. The summed E-state index contributed by atoms with van der Waals surface area (Å²) in [5.41, 5.74) is -0.715. The summed E-state index contributed by atoms with van der Waals surface area (Å²) in [7, 11) is 0. The SMILES string of the molecule is C[C@@H]1CCN1c1ncc([C@@H](C)CC#N)c2cc(Nc3ccnc(N4CC[C@@H](O)[C@@](C)(F)C4)n3)ncc12. The van der Waals surface area contributed by atoms with Crippen molar-refractivity contribution in [3.05, 3.63) is 36.3 Å². The molecule has 0 radical (unpaired) electrons. The van der Waals surface area contributed by atoms with Crippen molar-refractivity contribution in [3.63, 3.8) is 0 Å². The maximum absolute atomic E-state index is 14.7. The molecule has 0 aromatic carbocycles. The predicted octanol–water partition coefficient (Wildman–Crippen LogP) is 4.08. The molecule has 2 aliphatic heterocycles. The molecule has 9 nitrogen and oxygen atoms in total. The number of nitrogens with zero attached hydrogens (tertiary/aromatic N) is 7. The Morgan fingerprint density at radius 1 is 1.22 bits per heavy atom. The van der Waals surface area contributed by atoms with Gasteiger partial charge in [0.15, 0.2) is 5.67 Å². The van der Waals surface area contributed by atoms with Gasteiger partial charge in [-0.15, -0.1) is 0 Å². The number of aromatic nitrogens is 4. The van der Waals surface area contributed by atoms with E-state index in [2.05, 4.69) is 38.2 Å². The van der Waals surface area contributed by atoms with Crippen molar-refractivity contribution in [1.29, 1.82) is 5.26 Å². The van der Waals surface area contributed by atoms with Crippen LogP contribution in [-0.4, -0.2) is 62.5 Å². The second kappa shape index (κ2) is 9.47. The summed E-state index contributed by atoms with van der Waals surface area (Å²) in [6.07, 6.45) is 6.20. The molecule has 0 amide bonds. The highest BCUT2D eigenvalue weighted by Gasteiger charge is 2.39. The van der Waals surface area contributed by atoms with Crippen molar-refractivity contribution in [2.24, 2.45) is 0 Å². The number of piperidine rings is 1. The molecule has 0 bridgehead atoms. The van der Waals surface area contributed by atoms with E-state index in [1.165, 1.54) is 6.92 Å². The van der Waals surface area contributed by atoms with Crippen LogP contribution in [0.2, 0.25) is 0 Å². The molecule has 0 aliphatic carbocycles. The van der Waals surface area contributed by atoms with E-state index in [0.717, 1.165) is 35.1 Å². The number of aliphatic hydroxyl groups excluding tert-OH is 1. The first-order valence-electron chi connectivity index (χ1n) is 12.4. The van der Waals surface area contributed by atoms with Gasteiger partial charge in [-0.25, -0.2) is 19.3 Å². The summed E-state index contributed by atoms with van der Waals surface area (Å²) >= 11 is 0. The lowest BCUT2D eigenvalue weighted by Crippen LogP contribution is -2.52. The first-order valence-corrected chi connectivity index (χ1v) is 12.4. The van der Waals surface area contributed by atoms with Crippen LogP contribution in [0.3, 0.4) is 0 Å². The van der Waals surface area contributed by atoms with Crippen molar-refractivity contribution in [1.82, 2.24) is 19.9 Å². The Morgan fingerprint density at radius 2 is 2.06 bits per heavy atom. The Kier molecular flexibility index (Phi) is 6.35. The fourth-order valence-corrected chi connectivity index (χ4v) is 4.92. The highest BCUT2D eigenvalue weighted by molar-refractivity contribution is 5.96. The van der Waals surface area contributed by atoms with Crippen LogP contribution in [0.15, 0.2) is 30.7 Å². The molecule has 5 heterocycles. The number of aliphatic hydroxyl groups is 1. The average Bonchev–Trinajstić information content (AvgIpc) is 2.85. The maximum atomic E-state index is 14.7. The number of rotatable bonds is 6. The number of hydrogen-bond donors (Lipinski definition) is 2. The van der Waals surface area contributed by atoms with Crippen LogP contribution in [0, 0.1) is 11.3 Å². The average molecular weight is 491 g/mol. The van der Waals surface area contributed by atoms with Crippen molar-refractivity contribution in [2.45, 2.75) is 63.8 Å². The fraction of sp³-hybridized carbons (Fsp3) is 0.500. The Bertz CT molecular complexity index is 1310. The lowest BCUT2D eigenvalue weighted by Gasteiger charge is -2.40. The summed E-state index contributed by atoms with van der Waals surface area (Å²) in [6, 6.07) is 6.41. The van der Waals surface area contributed by atoms with Crippen LogP contribution in [0.25, 0.3) is 10.8 Å². The Hall–Kier alpha value is -3.58. The molecule has 2 fully saturated rings. The molecule has 0 unspecified atom stereocenters. The number of pyridine rings is 2. The molecule has 2 aliphatic rings. The van der Waals surface area contributed by atoms with E-state index in [4.69, 9.17) is 4.98 Å². The molecule has 188 valence electrons. The molecule has 0 spiro atoms. The Labute approximate surface area is 210 Å². The number of halogens is 1. The quantitative estimate of drug-likeness (QED) is 0.527. The molecule has 5 rings (SSSR count). The first kappa shape index (κ1) is 24.1. The van der Waals surface area contributed by atoms with Gasteiger partial charge in [-0.3, -0.25) is 0 Å². The second-order valence-electron chi connectivity index (χ2n) is 10.1. The summed E-state index contributed by atoms with van der Waals surface area (Å²) < 4.78 is 14.7. The minimum atomic E-state index is -1.72. The third-order valence-corrected chi connectivity index (χ3v) is 7.35. The van der Waals surface area contributed by atoms with Crippen LogP contribution in [-0.2, 0) is 0 Å². The minimum Gasteiger partial charge on any atom is -0.390 e. The summed E-state index contributed by atoms with van der Waals surface area (Å²) in [5.74, 6) is 2.49. The zero-order chi connectivity index (χ0) is 25.4. The molecule has 3 aromatic rings. The third-order valence-electron chi connectivity index (χ3n) is 7.35. The first-order chi connectivity index (χ1) is 17.3. The molecule has 2 N–H and O–H groups in total. The van der Waals surface area contributed by atoms with Gasteiger partial charge in [-0.1, -0.05) is 6.92 Å². The third kappa shape index (κ3) is 4.51. The summed E-state index contributed by atoms with van der Waals surface area (Å²) in [4.78, 5) is 22.3. The van der Waals surface area contributed by atoms with Crippen LogP contribution in [0.5, 0.6) is 0 Å². The molecule has 2 saturated heterocycles. The summed E-state index contributed by atoms with van der Waals surface area (Å²) in [6.45, 7) is 7.09. The minimum absolute atomic E-state index is 0.0245. The van der Waals surface area contributed by atoms with Gasteiger partial charge in [0.25, 0.3) is 0 Å². The standard InChI is InChI=1S/C26H31FN8O/c1-16(4-8-28)19-13-31-24(35-11-6-17(35)2)20-14-30-23(12-18(19)20)32-22-5-9-29-25(33-22)34-10-7-21(36)26(3,27)15-34/h5,9,12-14,16-17,21,36H,4,6-7,10-11,15H2,1-3H3,(H,29,30,32,33)/t16-,17+,21+,26-/m0/s1. The van der Waals surface area contributed by atoms with Crippen LogP contribution >= 0.6 is 0 Å². The van der Waals surface area contributed by atoms with Gasteiger partial charge in [-0.2, -0.15) is 10.2 Å². The Morgan fingerprint density at radius 3 is 2.75 bits per heavy atom. The van der Waals surface area contributed by atoms with Gasteiger partial charge in [-0.05, 0) is 55.7 Å². The van der Waals surface area contributed by atoms with Gasteiger partial charge in [0.1, 0.15) is 17.5 Å². The van der Waals surface area contributed by atoms with Crippen molar-refractivity contribution < 1.29 is 9.50 Å². The highest BCUT2D eigenvalue weighted by Crippen LogP contribution is 2.36. The van der Waals surface area contributed by atoms with Crippen LogP contribution < -0.4 is 15.1 Å². The largest absolute Gasteiger partial charge is 0.390 e. The Balaban J connectivity index is 1.46. The summed E-state index contributed by atoms with van der Waals surface area (Å²) in [5, 5.41) is 24.4.